The quantitative estimate of drug-likeness (QED) is 0.891. The van der Waals surface area contributed by atoms with Gasteiger partial charge in [-0.3, -0.25) is 0 Å². The Morgan fingerprint density at radius 3 is 2.55 bits per heavy atom. The minimum absolute atomic E-state index is 0.0479. The lowest BCUT2D eigenvalue weighted by Gasteiger charge is -2.35. The predicted octanol–water partition coefficient (Wildman–Crippen LogP) is 1.29. The first-order valence-electron chi connectivity index (χ1n) is 5.91. The van der Waals surface area contributed by atoms with E-state index in [1.165, 1.54) is 4.90 Å². The molecule has 1 unspecified atom stereocenters. The number of sulfone groups is 1. The molecule has 110 valence electrons. The van der Waals surface area contributed by atoms with Crippen LogP contribution in [0.15, 0.2) is 12.1 Å². The topological polar surface area (TPSA) is 74.7 Å². The molecule has 20 heavy (non-hydrogen) atoms. The summed E-state index contributed by atoms with van der Waals surface area (Å²) in [5.41, 5.74) is -0.863. The third kappa shape index (κ3) is 2.60. The van der Waals surface area contributed by atoms with Crippen LogP contribution in [0.4, 0.5) is 14.5 Å². The molecule has 1 aromatic rings. The van der Waals surface area contributed by atoms with Crippen LogP contribution in [0.1, 0.15) is 17.3 Å². The molecule has 1 N–H and O–H groups in total. The first-order valence-corrected chi connectivity index (χ1v) is 7.73. The van der Waals surface area contributed by atoms with Gasteiger partial charge in [0.25, 0.3) is 0 Å². The number of hydrogen-bond acceptors (Lipinski definition) is 4. The van der Waals surface area contributed by atoms with Crippen molar-refractivity contribution in [1.82, 2.24) is 0 Å². The zero-order valence-corrected chi connectivity index (χ0v) is 11.5. The molecule has 1 saturated heterocycles. The van der Waals surface area contributed by atoms with Crippen LogP contribution in [0.2, 0.25) is 0 Å². The number of hydrogen-bond donors (Lipinski definition) is 1. The summed E-state index contributed by atoms with van der Waals surface area (Å²) in [6.45, 7) is 1.64. The normalized spacial score (nSPS) is 21.8. The molecule has 0 amide bonds. The molecule has 5 nitrogen and oxygen atoms in total. The van der Waals surface area contributed by atoms with Crippen molar-refractivity contribution in [2.45, 2.75) is 13.0 Å². The SMILES string of the molecule is CC1CS(=O)(=O)CCN1c1ccc(C(=O)O)c(F)c1F. The monoisotopic (exact) mass is 305 g/mol. The highest BCUT2D eigenvalue weighted by molar-refractivity contribution is 7.91. The van der Waals surface area contributed by atoms with Crippen molar-refractivity contribution < 1.29 is 27.1 Å². The minimum atomic E-state index is -3.17. The summed E-state index contributed by atoms with van der Waals surface area (Å²) in [5.74, 6) is -4.54. The number of aromatic carboxylic acids is 1. The summed E-state index contributed by atoms with van der Waals surface area (Å²) in [6.07, 6.45) is 0. The molecule has 0 bridgehead atoms. The van der Waals surface area contributed by atoms with Gasteiger partial charge in [-0.25, -0.2) is 22.0 Å². The lowest BCUT2D eigenvalue weighted by Crippen LogP contribution is -2.47. The van der Waals surface area contributed by atoms with Crippen LogP contribution >= 0.6 is 0 Å². The molecule has 1 aromatic carbocycles. The van der Waals surface area contributed by atoms with Gasteiger partial charge in [0.15, 0.2) is 21.5 Å². The van der Waals surface area contributed by atoms with Crippen molar-refractivity contribution in [3.05, 3.63) is 29.3 Å². The van der Waals surface area contributed by atoms with Gasteiger partial charge in [0.05, 0.1) is 22.8 Å². The Balaban J connectivity index is 2.40. The third-order valence-electron chi connectivity index (χ3n) is 3.27. The Hall–Kier alpha value is -1.70. The fourth-order valence-corrected chi connectivity index (χ4v) is 3.84. The van der Waals surface area contributed by atoms with Gasteiger partial charge in [-0.2, -0.15) is 0 Å². The van der Waals surface area contributed by atoms with Crippen molar-refractivity contribution in [2.24, 2.45) is 0 Å². The number of carbonyl (C=O) groups is 1. The van der Waals surface area contributed by atoms with Crippen LogP contribution in [0.3, 0.4) is 0 Å². The molecular weight excluding hydrogens is 292 g/mol. The van der Waals surface area contributed by atoms with Crippen LogP contribution in [0.25, 0.3) is 0 Å². The van der Waals surface area contributed by atoms with E-state index in [1.807, 2.05) is 0 Å². The third-order valence-corrected chi connectivity index (χ3v) is 5.07. The fraction of sp³-hybridized carbons (Fsp3) is 0.417. The van der Waals surface area contributed by atoms with Crippen LogP contribution < -0.4 is 4.90 Å². The zero-order valence-electron chi connectivity index (χ0n) is 10.6. The number of nitrogens with zero attached hydrogens (tertiary/aromatic N) is 1. The second-order valence-corrected chi connectivity index (χ2v) is 6.95. The van der Waals surface area contributed by atoms with E-state index in [4.69, 9.17) is 5.11 Å². The highest BCUT2D eigenvalue weighted by Crippen LogP contribution is 2.28. The average molecular weight is 305 g/mol. The van der Waals surface area contributed by atoms with Crippen molar-refractivity contribution >= 4 is 21.5 Å². The molecule has 8 heteroatoms. The van der Waals surface area contributed by atoms with E-state index in [0.717, 1.165) is 12.1 Å². The van der Waals surface area contributed by atoms with Crippen molar-refractivity contribution in [1.29, 1.82) is 0 Å². The van der Waals surface area contributed by atoms with E-state index in [0.29, 0.717) is 0 Å². The average Bonchev–Trinajstić information content (AvgIpc) is 2.32. The number of benzene rings is 1. The Morgan fingerprint density at radius 1 is 1.35 bits per heavy atom. The van der Waals surface area contributed by atoms with Crippen LogP contribution in [0, 0.1) is 11.6 Å². The molecular formula is C12H13F2NO4S. The van der Waals surface area contributed by atoms with E-state index in [1.54, 1.807) is 6.92 Å². The number of carboxylic acids is 1. The first-order chi connectivity index (χ1) is 9.23. The standard InChI is InChI=1S/C12H13F2NO4S/c1-7-6-20(18,19)5-4-15(7)9-3-2-8(12(16)17)10(13)11(9)14/h2-3,7H,4-6H2,1H3,(H,16,17). The Kier molecular flexibility index (Phi) is 3.68. The van der Waals surface area contributed by atoms with Gasteiger partial charge in [-0.15, -0.1) is 0 Å². The van der Waals surface area contributed by atoms with E-state index >= 15 is 0 Å². The molecule has 1 aliphatic rings. The zero-order chi connectivity index (χ0) is 15.1. The number of carboxylic acid groups (broad SMARTS) is 1. The Bertz CT molecular complexity index is 660. The number of anilines is 1. The molecule has 1 heterocycles. The van der Waals surface area contributed by atoms with Crippen molar-refractivity contribution in [2.75, 3.05) is 23.0 Å². The van der Waals surface area contributed by atoms with Crippen LogP contribution in [-0.4, -0.2) is 43.6 Å². The van der Waals surface area contributed by atoms with Crippen LogP contribution in [-0.2, 0) is 9.84 Å². The summed E-state index contributed by atoms with van der Waals surface area (Å²) in [7, 11) is -3.17. The Labute approximate surface area is 114 Å². The molecule has 0 saturated carbocycles. The molecule has 0 aliphatic carbocycles. The van der Waals surface area contributed by atoms with Gasteiger partial charge in [0.1, 0.15) is 0 Å². The molecule has 2 rings (SSSR count). The van der Waals surface area contributed by atoms with E-state index in [-0.39, 0.29) is 23.7 Å². The lowest BCUT2D eigenvalue weighted by atomic mass is 10.1. The first kappa shape index (κ1) is 14.7. The second kappa shape index (κ2) is 5.01. The number of rotatable bonds is 2. The van der Waals surface area contributed by atoms with Gasteiger partial charge in [0, 0.05) is 12.6 Å². The molecule has 0 aromatic heterocycles. The van der Waals surface area contributed by atoms with Crippen molar-refractivity contribution in [3.8, 4) is 0 Å². The summed E-state index contributed by atoms with van der Waals surface area (Å²) >= 11 is 0. The molecule has 1 aliphatic heterocycles. The van der Waals surface area contributed by atoms with Gasteiger partial charge in [-0.1, -0.05) is 0 Å². The van der Waals surface area contributed by atoms with Gasteiger partial charge >= 0.3 is 5.97 Å². The molecule has 0 spiro atoms. The van der Waals surface area contributed by atoms with E-state index < -0.39 is 39.0 Å². The van der Waals surface area contributed by atoms with Crippen molar-refractivity contribution in [3.63, 3.8) is 0 Å². The maximum absolute atomic E-state index is 13.9. The minimum Gasteiger partial charge on any atom is -0.478 e. The predicted molar refractivity (Wildman–Crippen MR) is 68.8 cm³/mol. The molecule has 1 atom stereocenters. The highest BCUT2D eigenvalue weighted by Gasteiger charge is 2.31. The summed E-state index contributed by atoms with van der Waals surface area (Å²) in [4.78, 5) is 12.1. The summed E-state index contributed by atoms with van der Waals surface area (Å²) in [6, 6.07) is 1.64. The fourth-order valence-electron chi connectivity index (χ4n) is 2.28. The highest BCUT2D eigenvalue weighted by atomic mass is 32.2. The second-order valence-electron chi connectivity index (χ2n) is 4.72. The van der Waals surface area contributed by atoms with Gasteiger partial charge in [0.2, 0.25) is 0 Å². The molecule has 0 radical (unpaired) electrons. The maximum atomic E-state index is 13.9. The summed E-state index contributed by atoms with van der Waals surface area (Å²) in [5, 5.41) is 8.71. The van der Waals surface area contributed by atoms with Gasteiger partial charge in [-0.05, 0) is 19.1 Å². The van der Waals surface area contributed by atoms with Crippen LogP contribution in [0.5, 0.6) is 0 Å². The lowest BCUT2D eigenvalue weighted by molar-refractivity contribution is 0.0690. The van der Waals surface area contributed by atoms with E-state index in [9.17, 15) is 22.0 Å². The largest absolute Gasteiger partial charge is 0.478 e. The maximum Gasteiger partial charge on any atom is 0.338 e. The molecule has 1 fully saturated rings. The van der Waals surface area contributed by atoms with E-state index in [2.05, 4.69) is 0 Å². The smallest absolute Gasteiger partial charge is 0.338 e. The summed E-state index contributed by atoms with van der Waals surface area (Å²) < 4.78 is 50.5. The number of halogens is 2. The van der Waals surface area contributed by atoms with Gasteiger partial charge < -0.3 is 10.0 Å². The Morgan fingerprint density at radius 2 is 2.00 bits per heavy atom.